The number of carbonyl (C=O) groups excluding carboxylic acids is 1. The number of nitrogens with zero attached hydrogens (tertiary/aromatic N) is 2. The first-order valence-electron chi connectivity index (χ1n) is 7.18. The van der Waals surface area contributed by atoms with Gasteiger partial charge in [0.05, 0.1) is 18.0 Å². The quantitative estimate of drug-likeness (QED) is 0.814. The summed E-state index contributed by atoms with van der Waals surface area (Å²) in [7, 11) is -4.15. The number of nitriles is 1. The Labute approximate surface area is 136 Å². The van der Waals surface area contributed by atoms with Gasteiger partial charge in [-0.25, -0.2) is 12.8 Å². The molecule has 0 saturated carbocycles. The van der Waals surface area contributed by atoms with Gasteiger partial charge >= 0.3 is 0 Å². The molecule has 0 bridgehead atoms. The zero-order valence-electron chi connectivity index (χ0n) is 13.3. The number of hydrogen-bond acceptors (Lipinski definition) is 4. The van der Waals surface area contributed by atoms with Crippen LogP contribution in [0.3, 0.4) is 0 Å². The van der Waals surface area contributed by atoms with E-state index in [1.807, 2.05) is 6.07 Å². The lowest BCUT2D eigenvalue weighted by atomic mass is 10.2. The molecule has 0 aromatic heterocycles. The smallest absolute Gasteiger partial charge is 0.244 e. The maximum atomic E-state index is 13.6. The molecule has 0 aliphatic carbocycles. The Morgan fingerprint density at radius 3 is 2.52 bits per heavy atom. The van der Waals surface area contributed by atoms with Crippen molar-refractivity contribution in [3.8, 4) is 6.07 Å². The molecular formula is C15H20FN3O3S. The molecule has 1 aromatic rings. The molecule has 1 unspecified atom stereocenters. The van der Waals surface area contributed by atoms with Gasteiger partial charge in [-0.05, 0) is 32.9 Å². The van der Waals surface area contributed by atoms with Gasteiger partial charge in [-0.15, -0.1) is 0 Å². The first-order valence-corrected chi connectivity index (χ1v) is 8.66. The Hall–Kier alpha value is -1.98. The predicted octanol–water partition coefficient (Wildman–Crippen LogP) is 1.50. The standard InChI is InChI=1S/C15H20FN3O3S/c1-4-19(10-11(2)9-17)15(20)12(3)18-23(21,22)14-8-6-5-7-13(14)16/h5-8,11-12,18H,4,10H2,1-3H3/t11?,12-/m0/s1. The van der Waals surface area contributed by atoms with Gasteiger partial charge in [0.15, 0.2) is 0 Å². The number of benzene rings is 1. The van der Waals surface area contributed by atoms with E-state index in [-0.39, 0.29) is 12.5 Å². The monoisotopic (exact) mass is 341 g/mol. The number of rotatable bonds is 7. The van der Waals surface area contributed by atoms with Crippen molar-refractivity contribution in [2.24, 2.45) is 5.92 Å². The van der Waals surface area contributed by atoms with E-state index in [1.54, 1.807) is 13.8 Å². The lowest BCUT2D eigenvalue weighted by Crippen LogP contribution is -2.48. The minimum atomic E-state index is -4.15. The lowest BCUT2D eigenvalue weighted by molar-refractivity contribution is -0.132. The highest BCUT2D eigenvalue weighted by Gasteiger charge is 2.27. The Morgan fingerprint density at radius 1 is 1.39 bits per heavy atom. The molecule has 2 atom stereocenters. The fraction of sp³-hybridized carbons (Fsp3) is 0.467. The van der Waals surface area contributed by atoms with Crippen LogP contribution in [0.5, 0.6) is 0 Å². The van der Waals surface area contributed by atoms with Gasteiger partial charge in [0.2, 0.25) is 15.9 Å². The molecule has 1 rings (SSSR count). The molecule has 1 N–H and O–H groups in total. The summed E-state index contributed by atoms with van der Waals surface area (Å²) >= 11 is 0. The van der Waals surface area contributed by atoms with Gasteiger partial charge in [-0.1, -0.05) is 12.1 Å². The number of likely N-dealkylation sites (N-methyl/N-ethyl adjacent to an activating group) is 1. The van der Waals surface area contributed by atoms with Crippen LogP contribution >= 0.6 is 0 Å². The van der Waals surface area contributed by atoms with Crippen LogP contribution in [0.4, 0.5) is 4.39 Å². The van der Waals surface area contributed by atoms with Gasteiger partial charge in [-0.3, -0.25) is 4.79 Å². The fourth-order valence-corrected chi connectivity index (χ4v) is 3.31. The minimum absolute atomic E-state index is 0.206. The van der Waals surface area contributed by atoms with Crippen LogP contribution in [0.2, 0.25) is 0 Å². The highest BCUT2D eigenvalue weighted by molar-refractivity contribution is 7.89. The van der Waals surface area contributed by atoms with E-state index in [0.717, 1.165) is 12.1 Å². The van der Waals surface area contributed by atoms with Crippen molar-refractivity contribution in [3.05, 3.63) is 30.1 Å². The van der Waals surface area contributed by atoms with Crippen LogP contribution in [-0.4, -0.2) is 38.4 Å². The van der Waals surface area contributed by atoms with Gasteiger partial charge in [-0.2, -0.15) is 9.98 Å². The van der Waals surface area contributed by atoms with E-state index < -0.39 is 32.7 Å². The van der Waals surface area contributed by atoms with E-state index in [2.05, 4.69) is 4.72 Å². The zero-order valence-corrected chi connectivity index (χ0v) is 14.1. The predicted molar refractivity (Wildman–Crippen MR) is 83.2 cm³/mol. The Kier molecular flexibility index (Phi) is 6.66. The second-order valence-electron chi connectivity index (χ2n) is 5.18. The normalized spacial score (nSPS) is 13.9. The molecule has 0 saturated heterocycles. The molecule has 126 valence electrons. The highest BCUT2D eigenvalue weighted by Crippen LogP contribution is 2.14. The highest BCUT2D eigenvalue weighted by atomic mass is 32.2. The molecule has 23 heavy (non-hydrogen) atoms. The van der Waals surface area contributed by atoms with Gasteiger partial charge in [0.1, 0.15) is 10.7 Å². The van der Waals surface area contributed by atoms with Gasteiger partial charge < -0.3 is 4.90 Å². The number of hydrogen-bond donors (Lipinski definition) is 1. The van der Waals surface area contributed by atoms with E-state index in [4.69, 9.17) is 5.26 Å². The molecule has 0 spiro atoms. The van der Waals surface area contributed by atoms with Crippen LogP contribution in [0.25, 0.3) is 0 Å². The zero-order chi connectivity index (χ0) is 17.6. The number of nitrogens with one attached hydrogen (secondary N) is 1. The van der Waals surface area contributed by atoms with E-state index in [0.29, 0.717) is 6.54 Å². The molecule has 1 aromatic carbocycles. The number of carbonyl (C=O) groups is 1. The minimum Gasteiger partial charge on any atom is -0.340 e. The average molecular weight is 341 g/mol. The molecule has 0 fully saturated rings. The molecule has 0 aliphatic heterocycles. The maximum Gasteiger partial charge on any atom is 0.244 e. The topological polar surface area (TPSA) is 90.3 Å². The van der Waals surface area contributed by atoms with Crippen molar-refractivity contribution in [2.45, 2.75) is 31.7 Å². The molecule has 8 heteroatoms. The first kappa shape index (κ1) is 19.1. The van der Waals surface area contributed by atoms with Crippen molar-refractivity contribution in [2.75, 3.05) is 13.1 Å². The number of sulfonamides is 1. The summed E-state index contributed by atoms with van der Waals surface area (Å²) in [6.45, 7) is 5.35. The van der Waals surface area contributed by atoms with Crippen LogP contribution in [0, 0.1) is 23.1 Å². The van der Waals surface area contributed by atoms with Gasteiger partial charge in [0, 0.05) is 13.1 Å². The van der Waals surface area contributed by atoms with Crippen molar-refractivity contribution >= 4 is 15.9 Å². The number of halogens is 1. The third-order valence-electron chi connectivity index (χ3n) is 3.24. The largest absolute Gasteiger partial charge is 0.340 e. The summed E-state index contributed by atoms with van der Waals surface area (Å²) in [4.78, 5) is 13.2. The molecule has 6 nitrogen and oxygen atoms in total. The number of amides is 1. The van der Waals surface area contributed by atoms with Crippen LogP contribution < -0.4 is 4.72 Å². The van der Waals surface area contributed by atoms with E-state index >= 15 is 0 Å². The van der Waals surface area contributed by atoms with Crippen molar-refractivity contribution in [3.63, 3.8) is 0 Å². The summed E-state index contributed by atoms with van der Waals surface area (Å²) < 4.78 is 40.2. The van der Waals surface area contributed by atoms with Gasteiger partial charge in [0.25, 0.3) is 0 Å². The Morgan fingerprint density at radius 2 is 2.00 bits per heavy atom. The average Bonchev–Trinajstić information content (AvgIpc) is 2.51. The molecular weight excluding hydrogens is 321 g/mol. The van der Waals surface area contributed by atoms with Crippen molar-refractivity contribution in [1.82, 2.24) is 9.62 Å². The van der Waals surface area contributed by atoms with Crippen LogP contribution in [0.1, 0.15) is 20.8 Å². The van der Waals surface area contributed by atoms with Crippen LogP contribution in [0.15, 0.2) is 29.2 Å². The van der Waals surface area contributed by atoms with E-state index in [9.17, 15) is 17.6 Å². The summed E-state index contributed by atoms with van der Waals surface area (Å²) in [6.07, 6.45) is 0. The third-order valence-corrected chi connectivity index (χ3v) is 4.81. The van der Waals surface area contributed by atoms with Crippen LogP contribution in [-0.2, 0) is 14.8 Å². The fourth-order valence-electron chi connectivity index (χ4n) is 2.03. The summed E-state index contributed by atoms with van der Waals surface area (Å²) in [5.74, 6) is -1.71. The molecule has 0 radical (unpaired) electrons. The SMILES string of the molecule is CCN(CC(C)C#N)C(=O)[C@H](C)NS(=O)(=O)c1ccccc1F. The summed E-state index contributed by atoms with van der Waals surface area (Å²) in [6, 6.07) is 5.90. The Bertz CT molecular complexity index is 700. The maximum absolute atomic E-state index is 13.6. The second kappa shape index (κ2) is 8.04. The molecule has 0 aliphatic rings. The summed E-state index contributed by atoms with van der Waals surface area (Å²) in [5, 5.41) is 8.82. The van der Waals surface area contributed by atoms with E-state index in [1.165, 1.54) is 24.0 Å². The first-order chi connectivity index (χ1) is 10.7. The van der Waals surface area contributed by atoms with Crippen molar-refractivity contribution < 1.29 is 17.6 Å². The third kappa shape index (κ3) is 5.01. The lowest BCUT2D eigenvalue weighted by Gasteiger charge is -2.25. The van der Waals surface area contributed by atoms with Crippen molar-refractivity contribution in [1.29, 1.82) is 5.26 Å². The summed E-state index contributed by atoms with van der Waals surface area (Å²) in [5.41, 5.74) is 0. The molecule has 1 amide bonds. The second-order valence-corrected chi connectivity index (χ2v) is 6.86. The Balaban J connectivity index is 2.89. The molecule has 0 heterocycles.